The summed E-state index contributed by atoms with van der Waals surface area (Å²) in [6.45, 7) is 2.25. The number of hydrogen-bond acceptors (Lipinski definition) is 0. The van der Waals surface area contributed by atoms with Gasteiger partial charge in [0, 0.05) is 32.9 Å². The molecule has 2 nitrogen and oxygen atoms in total. The summed E-state index contributed by atoms with van der Waals surface area (Å²) in [4.78, 5) is 0. The van der Waals surface area contributed by atoms with Gasteiger partial charge in [-0.1, -0.05) is 177 Å². The zero-order chi connectivity index (χ0) is 44.0. The maximum absolute atomic E-state index is 2.41. The minimum Gasteiger partial charge on any atom is -0.309 e. The molecule has 0 atom stereocenters. The zero-order valence-electron chi connectivity index (χ0n) is 37.0. The molecule has 0 aliphatic heterocycles. The van der Waals surface area contributed by atoms with Gasteiger partial charge in [0.1, 0.15) is 0 Å². The van der Waals surface area contributed by atoms with E-state index in [0.717, 1.165) is 17.8 Å². The number of hydrogen-bond donors (Lipinski definition) is 0. The lowest BCUT2D eigenvalue weighted by Gasteiger charge is -2.11. The summed E-state index contributed by atoms with van der Waals surface area (Å²) in [7, 11) is 0. The van der Waals surface area contributed by atoms with Crippen molar-refractivity contribution in [3.8, 4) is 67.0 Å². The molecule has 0 spiro atoms. The summed E-state index contributed by atoms with van der Waals surface area (Å²) in [6.07, 6.45) is 3.59. The normalized spacial score (nSPS) is 11.6. The minimum atomic E-state index is 1.14. The van der Waals surface area contributed by atoms with Gasteiger partial charge in [0.2, 0.25) is 0 Å². The van der Waals surface area contributed by atoms with Crippen LogP contribution < -0.4 is 0 Å². The predicted octanol–water partition coefficient (Wildman–Crippen LogP) is 17.6. The van der Waals surface area contributed by atoms with Gasteiger partial charge in [-0.15, -0.1) is 0 Å². The summed E-state index contributed by atoms with van der Waals surface area (Å²) in [6, 6.07) is 87.1. The molecule has 2 aromatic heterocycles. The molecule has 10 aromatic carbocycles. The van der Waals surface area contributed by atoms with Gasteiger partial charge in [0.15, 0.2) is 0 Å². The largest absolute Gasteiger partial charge is 0.309 e. The molecule has 314 valence electrons. The second kappa shape index (κ2) is 16.7. The Bertz CT molecular complexity index is 3700. The van der Waals surface area contributed by atoms with E-state index in [1.807, 2.05) is 0 Å². The second-order valence-electron chi connectivity index (χ2n) is 17.6. The zero-order valence-corrected chi connectivity index (χ0v) is 37.0. The average Bonchev–Trinajstić information content (AvgIpc) is 3.91. The van der Waals surface area contributed by atoms with Crippen LogP contribution in [0.25, 0.3) is 111 Å². The minimum absolute atomic E-state index is 1.14. The van der Waals surface area contributed by atoms with E-state index < -0.39 is 0 Å². The smallest absolute Gasteiger partial charge is 0.0541 e. The van der Waals surface area contributed by atoms with Crippen molar-refractivity contribution in [1.29, 1.82) is 0 Å². The first-order valence-electron chi connectivity index (χ1n) is 23.3. The first-order chi connectivity index (χ1) is 32.7. The fraction of sp³-hybridized carbons (Fsp3) is 0.0625. The molecule has 66 heavy (non-hydrogen) atoms. The third kappa shape index (κ3) is 7.08. The van der Waals surface area contributed by atoms with Gasteiger partial charge in [0.05, 0.1) is 22.1 Å². The summed E-state index contributed by atoms with van der Waals surface area (Å²) in [5.74, 6) is 0. The molecule has 0 aliphatic carbocycles. The molecule has 0 saturated carbocycles. The molecular formula is C64H48N2. The van der Waals surface area contributed by atoms with Gasteiger partial charge in [-0.2, -0.15) is 0 Å². The summed E-state index contributed by atoms with van der Waals surface area (Å²) in [5, 5.41) is 4.99. The van der Waals surface area contributed by atoms with Crippen LogP contribution in [0.1, 0.15) is 25.3 Å². The number of rotatable bonds is 10. The lowest BCUT2D eigenvalue weighted by Crippen LogP contribution is -1.94. The van der Waals surface area contributed by atoms with Crippen molar-refractivity contribution in [3.63, 3.8) is 0 Å². The Balaban J connectivity index is 0.868. The van der Waals surface area contributed by atoms with Crippen LogP contribution in [0.4, 0.5) is 0 Å². The first kappa shape index (κ1) is 39.4. The quantitative estimate of drug-likeness (QED) is 0.130. The Hall–Kier alpha value is -8.20. The Kier molecular flexibility index (Phi) is 9.99. The molecule has 0 unspecified atom stereocenters. The van der Waals surface area contributed by atoms with Crippen molar-refractivity contribution >= 4 is 43.6 Å². The number of fused-ring (bicyclic) bond motifs is 6. The maximum atomic E-state index is 2.41. The highest BCUT2D eigenvalue weighted by molar-refractivity contribution is 6.12. The highest BCUT2D eigenvalue weighted by Gasteiger charge is 2.17. The van der Waals surface area contributed by atoms with Gasteiger partial charge in [0.25, 0.3) is 0 Å². The third-order valence-electron chi connectivity index (χ3n) is 13.5. The Morgan fingerprint density at radius 3 is 1.08 bits per heavy atom. The number of nitrogens with zero attached hydrogens (tertiary/aromatic N) is 2. The number of aromatic nitrogens is 2. The monoisotopic (exact) mass is 844 g/mol. The van der Waals surface area contributed by atoms with Gasteiger partial charge >= 0.3 is 0 Å². The van der Waals surface area contributed by atoms with Crippen LogP contribution in [0.15, 0.2) is 237 Å². The number of para-hydroxylation sites is 2. The van der Waals surface area contributed by atoms with Crippen molar-refractivity contribution in [2.45, 2.75) is 26.2 Å². The molecule has 0 fully saturated rings. The summed E-state index contributed by atoms with van der Waals surface area (Å²) < 4.78 is 4.82. The van der Waals surface area contributed by atoms with Crippen LogP contribution in [0.3, 0.4) is 0 Å². The molecule has 12 aromatic rings. The van der Waals surface area contributed by atoms with Crippen LogP contribution in [0.2, 0.25) is 0 Å². The number of aryl methyl sites for hydroxylation is 1. The second-order valence-corrected chi connectivity index (χ2v) is 17.6. The lowest BCUT2D eigenvalue weighted by atomic mass is 9.97. The fourth-order valence-electron chi connectivity index (χ4n) is 10.1. The van der Waals surface area contributed by atoms with Crippen LogP contribution >= 0.6 is 0 Å². The third-order valence-corrected chi connectivity index (χ3v) is 13.5. The van der Waals surface area contributed by atoms with Gasteiger partial charge in [-0.05, 0) is 147 Å². The SMILES string of the molecule is CCCCc1ccc(-c2cccc(-c3ccc(-n4c5ccccc5c5cc(-c6ccc7c(c6)c6ccccc6n7-c6ccc(-c7cccc(-c8ccccc8)c7)cc6)ccc54)cc3)c2)cc1. The standard InChI is InChI=1S/C64H48N2/c1-2-3-13-44-24-26-46(27-25-44)50-17-12-19-52(41-50)48-30-36-56(37-31-48)66-62-23-10-8-21-58(62)60-43-54(33-39-64(60)66)53-32-38-63-59(42-53)57-20-7-9-22-61(57)65(63)55-34-28-47(29-35-55)51-18-11-16-49(40-51)45-14-5-4-6-15-45/h4-12,14-43H,2-3,13H2,1H3. The Morgan fingerprint density at radius 2 is 0.621 bits per heavy atom. The molecule has 0 aliphatic rings. The average molecular weight is 845 g/mol. The van der Waals surface area contributed by atoms with E-state index in [-0.39, 0.29) is 0 Å². The fourth-order valence-corrected chi connectivity index (χ4v) is 10.1. The maximum Gasteiger partial charge on any atom is 0.0541 e. The summed E-state index contributed by atoms with van der Waals surface area (Å²) in [5.41, 5.74) is 20.7. The molecule has 0 bridgehead atoms. The molecule has 0 N–H and O–H groups in total. The van der Waals surface area contributed by atoms with Gasteiger partial charge in [-0.3, -0.25) is 0 Å². The van der Waals surface area contributed by atoms with Crippen molar-refractivity contribution < 1.29 is 0 Å². The van der Waals surface area contributed by atoms with E-state index in [1.165, 1.54) is 118 Å². The lowest BCUT2D eigenvalue weighted by molar-refractivity contribution is 0.795. The van der Waals surface area contributed by atoms with E-state index >= 15 is 0 Å². The van der Waals surface area contributed by atoms with E-state index in [9.17, 15) is 0 Å². The molecule has 12 rings (SSSR count). The van der Waals surface area contributed by atoms with E-state index in [1.54, 1.807) is 0 Å². The highest BCUT2D eigenvalue weighted by atomic mass is 15.0. The van der Waals surface area contributed by atoms with E-state index in [2.05, 4.69) is 253 Å². The number of benzene rings is 10. The van der Waals surface area contributed by atoms with Crippen LogP contribution in [0.5, 0.6) is 0 Å². The van der Waals surface area contributed by atoms with E-state index in [0.29, 0.717) is 0 Å². The Labute approximate surface area is 386 Å². The number of unbranched alkanes of at least 4 members (excludes halogenated alkanes) is 1. The molecule has 0 saturated heterocycles. The molecule has 2 heteroatoms. The van der Waals surface area contributed by atoms with Crippen LogP contribution in [-0.2, 0) is 6.42 Å². The predicted molar refractivity (Wildman–Crippen MR) is 281 cm³/mol. The van der Waals surface area contributed by atoms with E-state index in [4.69, 9.17) is 0 Å². The summed E-state index contributed by atoms with van der Waals surface area (Å²) >= 11 is 0. The topological polar surface area (TPSA) is 9.86 Å². The van der Waals surface area contributed by atoms with Gasteiger partial charge < -0.3 is 9.13 Å². The van der Waals surface area contributed by atoms with Crippen molar-refractivity contribution in [3.05, 3.63) is 242 Å². The van der Waals surface area contributed by atoms with Crippen LogP contribution in [-0.4, -0.2) is 9.13 Å². The van der Waals surface area contributed by atoms with Crippen LogP contribution in [0, 0.1) is 0 Å². The van der Waals surface area contributed by atoms with Gasteiger partial charge in [-0.25, -0.2) is 0 Å². The molecule has 0 amide bonds. The molecule has 2 heterocycles. The highest BCUT2D eigenvalue weighted by Crippen LogP contribution is 2.39. The Morgan fingerprint density at radius 1 is 0.273 bits per heavy atom. The van der Waals surface area contributed by atoms with Crippen molar-refractivity contribution in [2.24, 2.45) is 0 Å². The first-order valence-corrected chi connectivity index (χ1v) is 23.3. The molecule has 0 radical (unpaired) electrons. The molecular weight excluding hydrogens is 797 g/mol. The van der Waals surface area contributed by atoms with Crippen molar-refractivity contribution in [1.82, 2.24) is 9.13 Å². The van der Waals surface area contributed by atoms with Crippen molar-refractivity contribution in [2.75, 3.05) is 0 Å².